The van der Waals surface area contributed by atoms with Gasteiger partial charge >= 0.3 is 5.97 Å². The minimum atomic E-state index is -3.68. The van der Waals surface area contributed by atoms with Crippen molar-refractivity contribution in [2.45, 2.75) is 31.8 Å². The zero-order chi connectivity index (χ0) is 15.5. The summed E-state index contributed by atoms with van der Waals surface area (Å²) in [5, 5.41) is 8.91. The summed E-state index contributed by atoms with van der Waals surface area (Å²) in [6, 6.07) is 1.21. The zero-order valence-electron chi connectivity index (χ0n) is 11.9. The van der Waals surface area contributed by atoms with Gasteiger partial charge in [-0.05, 0) is 26.8 Å². The molecule has 0 atom stereocenters. The van der Waals surface area contributed by atoms with Gasteiger partial charge in [-0.3, -0.25) is 0 Å². The fourth-order valence-electron chi connectivity index (χ4n) is 1.53. The molecule has 8 heteroatoms. The van der Waals surface area contributed by atoms with E-state index >= 15 is 0 Å². The number of hydrogen-bond donors (Lipinski definition) is 1. The third-order valence-corrected chi connectivity index (χ3v) is 5.78. The maximum absolute atomic E-state index is 12.3. The molecule has 20 heavy (non-hydrogen) atoms. The lowest BCUT2D eigenvalue weighted by Crippen LogP contribution is -2.31. The van der Waals surface area contributed by atoms with E-state index in [2.05, 4.69) is 0 Å². The number of aryl methyl sites for hydroxylation is 1. The molecule has 0 saturated carbocycles. The van der Waals surface area contributed by atoms with Gasteiger partial charge in [0, 0.05) is 18.5 Å². The van der Waals surface area contributed by atoms with Crippen molar-refractivity contribution < 1.29 is 23.1 Å². The Bertz CT molecular complexity index is 577. The van der Waals surface area contributed by atoms with Gasteiger partial charge < -0.3 is 9.84 Å². The first-order chi connectivity index (χ1) is 9.16. The summed E-state index contributed by atoms with van der Waals surface area (Å²) in [5.74, 6) is -1.12. The first-order valence-electron chi connectivity index (χ1n) is 6.08. The van der Waals surface area contributed by atoms with Crippen molar-refractivity contribution in [3.63, 3.8) is 0 Å². The van der Waals surface area contributed by atoms with Crippen molar-refractivity contribution in [3.05, 3.63) is 15.8 Å². The van der Waals surface area contributed by atoms with Crippen molar-refractivity contribution in [2.24, 2.45) is 0 Å². The number of likely N-dealkylation sites (N-methyl/N-ethyl adjacent to an activating group) is 1. The highest BCUT2D eigenvalue weighted by Gasteiger charge is 2.26. The lowest BCUT2D eigenvalue weighted by molar-refractivity contribution is 0.0701. The molecular weight excluding hydrogens is 302 g/mol. The number of rotatable bonds is 7. The van der Waals surface area contributed by atoms with Gasteiger partial charge in [-0.2, -0.15) is 4.31 Å². The van der Waals surface area contributed by atoms with E-state index < -0.39 is 16.0 Å². The van der Waals surface area contributed by atoms with Gasteiger partial charge in [0.25, 0.3) is 0 Å². The van der Waals surface area contributed by atoms with Crippen molar-refractivity contribution in [3.8, 4) is 0 Å². The first kappa shape index (κ1) is 17.1. The monoisotopic (exact) mass is 321 g/mol. The molecule has 114 valence electrons. The molecule has 0 radical (unpaired) electrons. The van der Waals surface area contributed by atoms with Gasteiger partial charge in [-0.25, -0.2) is 13.2 Å². The van der Waals surface area contributed by atoms with Gasteiger partial charge in [0.15, 0.2) is 0 Å². The van der Waals surface area contributed by atoms with Crippen LogP contribution in [0, 0.1) is 6.92 Å². The van der Waals surface area contributed by atoms with Crippen molar-refractivity contribution in [1.29, 1.82) is 0 Å². The van der Waals surface area contributed by atoms with E-state index in [1.165, 1.54) is 17.4 Å². The topological polar surface area (TPSA) is 83.9 Å². The normalized spacial score (nSPS) is 12.3. The molecule has 0 saturated heterocycles. The average molecular weight is 321 g/mol. The predicted octanol–water partition coefficient (Wildman–Crippen LogP) is 1.80. The van der Waals surface area contributed by atoms with Crippen LogP contribution < -0.4 is 0 Å². The Kier molecular flexibility index (Phi) is 5.69. The molecule has 0 bridgehead atoms. The Morgan fingerprint density at radius 3 is 2.55 bits per heavy atom. The van der Waals surface area contributed by atoms with Crippen LogP contribution in [0.3, 0.4) is 0 Å². The third kappa shape index (κ3) is 4.02. The highest BCUT2D eigenvalue weighted by molar-refractivity contribution is 7.89. The van der Waals surface area contributed by atoms with E-state index in [0.29, 0.717) is 11.5 Å². The fourth-order valence-corrected chi connectivity index (χ4v) is 4.08. The minimum absolute atomic E-state index is 0.0212. The maximum atomic E-state index is 12.3. The van der Waals surface area contributed by atoms with Gasteiger partial charge in [0.2, 0.25) is 10.0 Å². The largest absolute Gasteiger partial charge is 0.477 e. The highest BCUT2D eigenvalue weighted by Crippen LogP contribution is 2.27. The lowest BCUT2D eigenvalue weighted by Gasteiger charge is -2.17. The summed E-state index contributed by atoms with van der Waals surface area (Å²) in [7, 11) is -2.22. The predicted molar refractivity (Wildman–Crippen MR) is 76.9 cm³/mol. The molecular formula is C12H19NO5S2. The van der Waals surface area contributed by atoms with Crippen LogP contribution >= 0.6 is 11.3 Å². The van der Waals surface area contributed by atoms with E-state index in [1.54, 1.807) is 6.92 Å². The Morgan fingerprint density at radius 1 is 1.50 bits per heavy atom. The molecule has 0 aliphatic heterocycles. The Balaban J connectivity index is 2.90. The van der Waals surface area contributed by atoms with Crippen LogP contribution in [0.1, 0.15) is 28.4 Å². The Hall–Kier alpha value is -0.960. The van der Waals surface area contributed by atoms with Gasteiger partial charge in [-0.15, -0.1) is 11.3 Å². The number of carboxylic acids is 1. The molecule has 0 aliphatic carbocycles. The van der Waals surface area contributed by atoms with E-state index in [4.69, 9.17) is 9.84 Å². The number of hydrogen-bond acceptors (Lipinski definition) is 5. The second-order valence-electron chi connectivity index (χ2n) is 4.58. The van der Waals surface area contributed by atoms with E-state index in [1.807, 2.05) is 13.8 Å². The van der Waals surface area contributed by atoms with Crippen LogP contribution in [0.5, 0.6) is 0 Å². The van der Waals surface area contributed by atoms with Crippen LogP contribution in [0.4, 0.5) is 0 Å². The molecule has 0 unspecified atom stereocenters. The van der Waals surface area contributed by atoms with Crippen LogP contribution in [-0.2, 0) is 14.8 Å². The first-order valence-corrected chi connectivity index (χ1v) is 8.33. The number of carboxylic acid groups (broad SMARTS) is 1. The highest BCUT2D eigenvalue weighted by atomic mass is 32.2. The van der Waals surface area contributed by atoms with Gasteiger partial charge in [0.05, 0.1) is 17.6 Å². The Labute approximate surface area is 123 Å². The molecule has 6 nitrogen and oxygen atoms in total. The number of thiophene rings is 1. The second-order valence-corrected chi connectivity index (χ2v) is 7.85. The van der Waals surface area contributed by atoms with Crippen molar-refractivity contribution >= 4 is 27.3 Å². The third-order valence-electron chi connectivity index (χ3n) is 2.63. The van der Waals surface area contributed by atoms with Crippen LogP contribution in [0.2, 0.25) is 0 Å². The average Bonchev–Trinajstić information content (AvgIpc) is 2.71. The molecule has 1 aromatic heterocycles. The van der Waals surface area contributed by atoms with E-state index in [0.717, 1.165) is 11.3 Å². The molecule has 0 amide bonds. The fraction of sp³-hybridized carbons (Fsp3) is 0.583. The molecule has 0 fully saturated rings. The molecule has 0 aromatic carbocycles. The Morgan fingerprint density at radius 2 is 2.10 bits per heavy atom. The van der Waals surface area contributed by atoms with Gasteiger partial charge in [-0.1, -0.05) is 0 Å². The standard InChI is InChI=1S/C12H19NO5S2/c1-8(2)18-6-5-13(4)20(16,17)11-7-10(12(14)15)19-9(11)3/h7-8H,5-6H2,1-4H3,(H,14,15). The summed E-state index contributed by atoms with van der Waals surface area (Å²) in [6.45, 7) is 5.86. The number of nitrogens with zero attached hydrogens (tertiary/aromatic N) is 1. The van der Waals surface area contributed by atoms with Gasteiger partial charge in [0.1, 0.15) is 4.88 Å². The molecule has 1 rings (SSSR count). The van der Waals surface area contributed by atoms with Crippen LogP contribution in [-0.4, -0.2) is 50.1 Å². The van der Waals surface area contributed by atoms with Crippen molar-refractivity contribution in [1.82, 2.24) is 4.31 Å². The van der Waals surface area contributed by atoms with E-state index in [9.17, 15) is 13.2 Å². The molecule has 1 heterocycles. The number of ether oxygens (including phenoxy) is 1. The molecule has 0 spiro atoms. The van der Waals surface area contributed by atoms with Crippen molar-refractivity contribution in [2.75, 3.05) is 20.2 Å². The van der Waals surface area contributed by atoms with Crippen LogP contribution in [0.25, 0.3) is 0 Å². The molecule has 1 N–H and O–H groups in total. The smallest absolute Gasteiger partial charge is 0.345 e. The summed E-state index contributed by atoms with van der Waals surface area (Å²) in [6.07, 6.45) is 0.0348. The van der Waals surface area contributed by atoms with Crippen LogP contribution in [0.15, 0.2) is 11.0 Å². The molecule has 1 aromatic rings. The lowest BCUT2D eigenvalue weighted by atomic mass is 10.4. The summed E-state index contributed by atoms with van der Waals surface area (Å²) in [5.41, 5.74) is 0. The number of aromatic carboxylic acids is 1. The summed E-state index contributed by atoms with van der Waals surface area (Å²) in [4.78, 5) is 11.4. The quantitative estimate of drug-likeness (QED) is 0.828. The SMILES string of the molecule is Cc1sc(C(=O)O)cc1S(=O)(=O)N(C)CCOC(C)C. The molecule has 0 aliphatic rings. The van der Waals surface area contributed by atoms with E-state index in [-0.39, 0.29) is 22.4 Å². The second kappa shape index (κ2) is 6.66. The maximum Gasteiger partial charge on any atom is 0.345 e. The zero-order valence-corrected chi connectivity index (χ0v) is 13.5. The summed E-state index contributed by atoms with van der Waals surface area (Å²) < 4.78 is 31.2. The minimum Gasteiger partial charge on any atom is -0.477 e. The number of sulfonamides is 1. The number of carbonyl (C=O) groups is 1. The summed E-state index contributed by atoms with van der Waals surface area (Å²) >= 11 is 0.959.